The molecule has 5 heteroatoms. The number of fused-ring (bicyclic) bond motifs is 1. The number of aromatic nitrogens is 1. The van der Waals surface area contributed by atoms with Crippen LogP contribution in [0.2, 0.25) is 0 Å². The summed E-state index contributed by atoms with van der Waals surface area (Å²) in [5, 5.41) is 0. The molecule has 2 N–H and O–H groups in total. The minimum Gasteiger partial charge on any atom is -0.489 e. The van der Waals surface area contributed by atoms with Crippen LogP contribution in [0.5, 0.6) is 5.75 Å². The van der Waals surface area contributed by atoms with Crippen molar-refractivity contribution in [3.63, 3.8) is 0 Å². The molecule has 26 heavy (non-hydrogen) atoms. The van der Waals surface area contributed by atoms with E-state index in [9.17, 15) is 4.79 Å². The lowest BCUT2D eigenvalue weighted by Crippen LogP contribution is -2.48. The minimum absolute atomic E-state index is 0.155. The van der Waals surface area contributed by atoms with Gasteiger partial charge in [0.2, 0.25) is 5.91 Å². The number of pyridine rings is 1. The Bertz CT molecular complexity index is 686. The molecule has 142 valence electrons. The summed E-state index contributed by atoms with van der Waals surface area (Å²) >= 11 is 0. The summed E-state index contributed by atoms with van der Waals surface area (Å²) in [5.74, 6) is 1.46. The molecule has 3 aliphatic rings. The van der Waals surface area contributed by atoms with E-state index in [0.29, 0.717) is 18.6 Å². The highest BCUT2D eigenvalue weighted by Gasteiger charge is 2.48. The predicted octanol–water partition coefficient (Wildman–Crippen LogP) is 3.05. The summed E-state index contributed by atoms with van der Waals surface area (Å²) in [6, 6.07) is 2.25. The zero-order valence-corrected chi connectivity index (χ0v) is 16.0. The number of amides is 1. The maximum absolute atomic E-state index is 13.5. The van der Waals surface area contributed by atoms with E-state index in [0.717, 1.165) is 62.1 Å². The average Bonchev–Trinajstić information content (AvgIpc) is 3.00. The first-order valence-electron chi connectivity index (χ1n) is 10.2. The zero-order chi connectivity index (χ0) is 18.3. The van der Waals surface area contributed by atoms with Gasteiger partial charge in [-0.2, -0.15) is 0 Å². The second-order valence-electron chi connectivity index (χ2n) is 8.74. The van der Waals surface area contributed by atoms with Gasteiger partial charge in [-0.15, -0.1) is 0 Å². The van der Waals surface area contributed by atoms with E-state index >= 15 is 0 Å². The van der Waals surface area contributed by atoms with Crippen LogP contribution >= 0.6 is 0 Å². The van der Waals surface area contributed by atoms with Crippen molar-refractivity contribution in [2.24, 2.45) is 17.1 Å². The second kappa shape index (κ2) is 6.84. The summed E-state index contributed by atoms with van der Waals surface area (Å²) in [6.07, 6.45) is 9.23. The number of ether oxygens (including phenoxy) is 1. The van der Waals surface area contributed by atoms with Gasteiger partial charge in [0.15, 0.2) is 0 Å². The predicted molar refractivity (Wildman–Crippen MR) is 101 cm³/mol. The molecule has 2 saturated carbocycles. The molecule has 0 bridgehead atoms. The molecule has 1 amide bonds. The van der Waals surface area contributed by atoms with Crippen LogP contribution in [0.3, 0.4) is 0 Å². The molecule has 2 aliphatic carbocycles. The largest absolute Gasteiger partial charge is 0.489 e. The van der Waals surface area contributed by atoms with Crippen LogP contribution in [0.25, 0.3) is 0 Å². The number of rotatable bonds is 4. The normalized spacial score (nSPS) is 28.8. The highest BCUT2D eigenvalue weighted by molar-refractivity contribution is 5.83. The summed E-state index contributed by atoms with van der Waals surface area (Å²) < 4.78 is 6.00. The third-order valence-corrected chi connectivity index (χ3v) is 6.78. The molecule has 4 rings (SSSR count). The zero-order valence-electron chi connectivity index (χ0n) is 16.0. The topological polar surface area (TPSA) is 68.5 Å². The Morgan fingerprint density at radius 2 is 2.19 bits per heavy atom. The molecular formula is C21H31N3O2. The van der Waals surface area contributed by atoms with Gasteiger partial charge in [-0.1, -0.05) is 13.8 Å². The molecule has 5 nitrogen and oxygen atoms in total. The van der Waals surface area contributed by atoms with Crippen LogP contribution in [0, 0.1) is 11.3 Å². The first-order valence-corrected chi connectivity index (χ1v) is 10.2. The van der Waals surface area contributed by atoms with Gasteiger partial charge in [0, 0.05) is 31.2 Å². The summed E-state index contributed by atoms with van der Waals surface area (Å²) in [7, 11) is 0. The van der Waals surface area contributed by atoms with E-state index in [2.05, 4.69) is 24.9 Å². The summed E-state index contributed by atoms with van der Waals surface area (Å²) in [4.78, 5) is 20.1. The number of carbonyl (C=O) groups is 1. The van der Waals surface area contributed by atoms with Crippen LogP contribution < -0.4 is 10.5 Å². The molecule has 1 aromatic rings. The fourth-order valence-corrected chi connectivity index (χ4v) is 4.72. The molecule has 0 aromatic carbocycles. The van der Waals surface area contributed by atoms with Crippen molar-refractivity contribution in [3.8, 4) is 5.75 Å². The van der Waals surface area contributed by atoms with Crippen LogP contribution in [0.4, 0.5) is 0 Å². The van der Waals surface area contributed by atoms with Crippen LogP contribution in [0.1, 0.15) is 63.6 Å². The van der Waals surface area contributed by atoms with E-state index in [1.54, 1.807) is 0 Å². The Hall–Kier alpha value is -1.62. The third kappa shape index (κ3) is 3.11. The molecule has 0 spiro atoms. The van der Waals surface area contributed by atoms with E-state index < -0.39 is 0 Å². The van der Waals surface area contributed by atoms with Gasteiger partial charge < -0.3 is 15.4 Å². The second-order valence-corrected chi connectivity index (χ2v) is 8.74. The van der Waals surface area contributed by atoms with Crippen molar-refractivity contribution in [1.29, 1.82) is 0 Å². The van der Waals surface area contributed by atoms with Crippen molar-refractivity contribution >= 4 is 5.91 Å². The molecule has 1 aliphatic heterocycles. The van der Waals surface area contributed by atoms with Crippen molar-refractivity contribution in [3.05, 3.63) is 23.5 Å². The minimum atomic E-state index is -0.287. The van der Waals surface area contributed by atoms with Gasteiger partial charge in [-0.05, 0) is 56.1 Å². The van der Waals surface area contributed by atoms with Crippen molar-refractivity contribution in [1.82, 2.24) is 9.88 Å². The highest BCUT2D eigenvalue weighted by atomic mass is 16.5. The fraction of sp³-hybridized carbons (Fsp3) is 0.714. The lowest BCUT2D eigenvalue weighted by atomic mass is 9.74. The lowest BCUT2D eigenvalue weighted by Gasteiger charge is -2.39. The standard InChI is InChI=1S/C21H31N3O2/c1-14(2)21(8-6-16(22)11-21)20(25)24-9-7-19-15(13-24)10-18(12-23-19)26-17-4-3-5-17/h10,12,14,16-17H,3-9,11,13,22H2,1-2H3. The van der Waals surface area contributed by atoms with Crippen molar-refractivity contribution < 1.29 is 9.53 Å². The monoisotopic (exact) mass is 357 g/mol. The smallest absolute Gasteiger partial charge is 0.229 e. The fourth-order valence-electron chi connectivity index (χ4n) is 4.72. The van der Waals surface area contributed by atoms with Crippen LogP contribution in [-0.2, 0) is 17.8 Å². The maximum Gasteiger partial charge on any atom is 0.229 e. The Labute approximate surface area is 156 Å². The molecule has 1 aromatic heterocycles. The van der Waals surface area contributed by atoms with Gasteiger partial charge in [0.1, 0.15) is 5.75 Å². The summed E-state index contributed by atoms with van der Waals surface area (Å²) in [6.45, 7) is 5.73. The molecule has 0 saturated heterocycles. The lowest BCUT2D eigenvalue weighted by molar-refractivity contribution is -0.145. The van der Waals surface area contributed by atoms with Crippen LogP contribution in [-0.4, -0.2) is 34.5 Å². The molecule has 2 heterocycles. The Kier molecular flexibility index (Phi) is 4.68. The molecule has 2 unspecified atom stereocenters. The van der Waals surface area contributed by atoms with E-state index in [-0.39, 0.29) is 17.4 Å². The first-order chi connectivity index (χ1) is 12.5. The van der Waals surface area contributed by atoms with Gasteiger partial charge in [0.25, 0.3) is 0 Å². The number of nitrogens with two attached hydrogens (primary N) is 1. The molecule has 0 radical (unpaired) electrons. The molecule has 2 atom stereocenters. The quantitative estimate of drug-likeness (QED) is 0.899. The first kappa shape index (κ1) is 17.8. The molecule has 2 fully saturated rings. The Morgan fingerprint density at radius 3 is 2.81 bits per heavy atom. The average molecular weight is 357 g/mol. The number of hydrogen-bond donors (Lipinski definition) is 1. The van der Waals surface area contributed by atoms with E-state index in [1.165, 1.54) is 6.42 Å². The molecular weight excluding hydrogens is 326 g/mol. The number of carbonyl (C=O) groups excluding carboxylic acids is 1. The van der Waals surface area contributed by atoms with Crippen LogP contribution in [0.15, 0.2) is 12.3 Å². The van der Waals surface area contributed by atoms with Gasteiger partial charge >= 0.3 is 0 Å². The van der Waals surface area contributed by atoms with Gasteiger partial charge in [0.05, 0.1) is 17.7 Å². The highest BCUT2D eigenvalue weighted by Crippen LogP contribution is 2.45. The van der Waals surface area contributed by atoms with Gasteiger partial charge in [-0.3, -0.25) is 9.78 Å². The van der Waals surface area contributed by atoms with Crippen molar-refractivity contribution in [2.75, 3.05) is 6.54 Å². The third-order valence-electron chi connectivity index (χ3n) is 6.78. The Morgan fingerprint density at radius 1 is 1.38 bits per heavy atom. The van der Waals surface area contributed by atoms with E-state index in [4.69, 9.17) is 10.5 Å². The summed E-state index contributed by atoms with van der Waals surface area (Å²) in [5.41, 5.74) is 8.14. The number of nitrogens with zero attached hydrogens (tertiary/aromatic N) is 2. The number of hydrogen-bond acceptors (Lipinski definition) is 4. The van der Waals surface area contributed by atoms with Gasteiger partial charge in [-0.25, -0.2) is 0 Å². The van der Waals surface area contributed by atoms with Crippen molar-refractivity contribution in [2.45, 2.75) is 77.5 Å². The van der Waals surface area contributed by atoms with E-state index in [1.807, 2.05) is 11.1 Å². The Balaban J connectivity index is 1.51. The maximum atomic E-state index is 13.5. The SMILES string of the molecule is CC(C)C1(C(=O)N2CCc3ncc(OC4CCC4)cc3C2)CCC(N)C1.